The largest absolute Gasteiger partial charge is 0.488 e. The molecule has 0 spiro atoms. The van der Waals surface area contributed by atoms with Gasteiger partial charge in [-0.2, -0.15) is 0 Å². The summed E-state index contributed by atoms with van der Waals surface area (Å²) in [5.41, 5.74) is 10.3. The predicted molar refractivity (Wildman–Crippen MR) is 231 cm³/mol. The number of hydrogen-bond donors (Lipinski definition) is 3. The quantitative estimate of drug-likeness (QED) is 0.101. The molecule has 0 bridgehead atoms. The monoisotopic (exact) mass is 779 g/mol. The van der Waals surface area contributed by atoms with Crippen LogP contribution >= 0.6 is 0 Å². The first-order valence-corrected chi connectivity index (χ1v) is 21.1. The minimum Gasteiger partial charge on any atom is -0.423 e. The van der Waals surface area contributed by atoms with Gasteiger partial charge in [-0.15, -0.1) is 0 Å². The molecule has 300 valence electrons. The highest BCUT2D eigenvalue weighted by Crippen LogP contribution is 2.36. The van der Waals surface area contributed by atoms with Crippen LogP contribution < -0.4 is 20.6 Å². The lowest BCUT2D eigenvalue weighted by Gasteiger charge is -2.37. The van der Waals surface area contributed by atoms with E-state index in [2.05, 4.69) is 81.5 Å². The average Bonchev–Trinajstić information content (AvgIpc) is 3.58. The van der Waals surface area contributed by atoms with Crippen molar-refractivity contribution in [3.63, 3.8) is 0 Å². The Morgan fingerprint density at radius 3 is 2.05 bits per heavy atom. The topological polar surface area (TPSA) is 117 Å². The molecule has 0 saturated carbocycles. The third-order valence-corrected chi connectivity index (χ3v) is 12.7. The van der Waals surface area contributed by atoms with E-state index in [1.54, 1.807) is 17.0 Å². The predicted octanol–water partition coefficient (Wildman–Crippen LogP) is 5.32. The van der Waals surface area contributed by atoms with Gasteiger partial charge in [-0.05, 0) is 120 Å². The van der Waals surface area contributed by atoms with Crippen molar-refractivity contribution in [1.82, 2.24) is 15.1 Å². The molecule has 0 radical (unpaired) electrons. The molecule has 0 aliphatic carbocycles. The number of amides is 3. The Hall–Kier alpha value is -5.23. The molecule has 1 atom stereocenters. The van der Waals surface area contributed by atoms with Gasteiger partial charge >= 0.3 is 7.12 Å². The van der Waals surface area contributed by atoms with E-state index in [0.717, 1.165) is 80.5 Å². The maximum Gasteiger partial charge on any atom is 0.488 e. The van der Waals surface area contributed by atoms with Gasteiger partial charge in [-0.1, -0.05) is 73.7 Å². The Bertz CT molecular complexity index is 2130. The number of piperidine rings is 2. The van der Waals surface area contributed by atoms with E-state index in [1.807, 2.05) is 30.3 Å². The van der Waals surface area contributed by atoms with Crippen LogP contribution in [0.25, 0.3) is 11.1 Å². The summed E-state index contributed by atoms with van der Waals surface area (Å²) >= 11 is 0. The molecule has 4 aliphatic rings. The second-order valence-corrected chi connectivity index (χ2v) is 16.3. The van der Waals surface area contributed by atoms with Crippen LogP contribution in [0.2, 0.25) is 0 Å². The second kappa shape index (κ2) is 17.7. The molecule has 1 unspecified atom stereocenters. The number of piperazine rings is 1. The fourth-order valence-electron chi connectivity index (χ4n) is 9.41. The summed E-state index contributed by atoms with van der Waals surface area (Å²) in [6.07, 6.45) is 6.39. The fraction of sp³-hybridized carbons (Fsp3) is 0.383. The SMILES string of the molecule is CC/C(=C(\c1ccc(B(O)O)cc1)c1ccc(N2CCC(CCCN3CCN(c4ccc5c(c4)CN(C4CCC(=O)NC4=O)C5=O)CC3)CC2)cc1)c1ccccc1. The van der Waals surface area contributed by atoms with Crippen LogP contribution in [0, 0.1) is 5.92 Å². The van der Waals surface area contributed by atoms with Crippen LogP contribution in [0.1, 0.15) is 84.5 Å². The van der Waals surface area contributed by atoms with Crippen molar-refractivity contribution in [1.29, 1.82) is 0 Å². The van der Waals surface area contributed by atoms with Gasteiger partial charge in [0.15, 0.2) is 0 Å². The third-order valence-electron chi connectivity index (χ3n) is 12.7. The number of imide groups is 1. The zero-order valence-electron chi connectivity index (χ0n) is 33.5. The first kappa shape index (κ1) is 39.6. The first-order valence-electron chi connectivity index (χ1n) is 21.1. The Morgan fingerprint density at radius 1 is 0.741 bits per heavy atom. The van der Waals surface area contributed by atoms with Gasteiger partial charge in [0, 0.05) is 69.2 Å². The highest BCUT2D eigenvalue weighted by Gasteiger charge is 2.39. The molecule has 8 rings (SSSR count). The molecule has 3 saturated heterocycles. The number of allylic oxidation sites excluding steroid dienone is 1. The lowest BCUT2D eigenvalue weighted by atomic mass is 9.79. The Balaban J connectivity index is 0.807. The second-order valence-electron chi connectivity index (χ2n) is 16.3. The van der Waals surface area contributed by atoms with E-state index in [1.165, 1.54) is 48.1 Å². The van der Waals surface area contributed by atoms with Gasteiger partial charge in [0.1, 0.15) is 6.04 Å². The number of fused-ring (bicyclic) bond motifs is 1. The van der Waals surface area contributed by atoms with Crippen LogP contribution in [-0.4, -0.2) is 96.5 Å². The highest BCUT2D eigenvalue weighted by atomic mass is 16.4. The molecule has 3 fully saturated rings. The molecule has 3 N–H and O–H groups in total. The van der Waals surface area contributed by atoms with Crippen molar-refractivity contribution in [2.24, 2.45) is 5.92 Å². The number of anilines is 2. The lowest BCUT2D eigenvalue weighted by Crippen LogP contribution is -2.52. The summed E-state index contributed by atoms with van der Waals surface area (Å²) in [6.45, 7) is 9.79. The maximum atomic E-state index is 13.1. The van der Waals surface area contributed by atoms with E-state index in [9.17, 15) is 24.4 Å². The molecule has 4 aromatic rings. The van der Waals surface area contributed by atoms with Gasteiger partial charge in [-0.25, -0.2) is 0 Å². The molecule has 58 heavy (non-hydrogen) atoms. The Labute approximate surface area is 342 Å². The molecular weight excluding hydrogens is 725 g/mol. The zero-order valence-corrected chi connectivity index (χ0v) is 33.5. The number of nitrogens with one attached hydrogen (secondary N) is 1. The van der Waals surface area contributed by atoms with Crippen molar-refractivity contribution in [2.45, 2.75) is 64.5 Å². The van der Waals surface area contributed by atoms with Crippen molar-refractivity contribution in [3.8, 4) is 0 Å². The Morgan fingerprint density at radius 2 is 1.40 bits per heavy atom. The van der Waals surface area contributed by atoms with E-state index >= 15 is 0 Å². The van der Waals surface area contributed by atoms with Gasteiger partial charge in [0.25, 0.3) is 5.91 Å². The lowest BCUT2D eigenvalue weighted by molar-refractivity contribution is -0.136. The van der Waals surface area contributed by atoms with Crippen LogP contribution in [0.15, 0.2) is 97.1 Å². The number of benzene rings is 4. The van der Waals surface area contributed by atoms with Crippen LogP contribution in [0.4, 0.5) is 11.4 Å². The molecule has 11 heteroatoms. The van der Waals surface area contributed by atoms with Crippen molar-refractivity contribution < 1.29 is 24.4 Å². The van der Waals surface area contributed by atoms with E-state index in [-0.39, 0.29) is 24.1 Å². The maximum absolute atomic E-state index is 13.1. The van der Waals surface area contributed by atoms with E-state index < -0.39 is 13.2 Å². The highest BCUT2D eigenvalue weighted by molar-refractivity contribution is 6.58. The molecule has 4 aromatic carbocycles. The minimum atomic E-state index is -1.49. The number of carbonyl (C=O) groups excluding carboxylic acids is 3. The van der Waals surface area contributed by atoms with Gasteiger partial charge < -0.3 is 24.7 Å². The standard InChI is InChI=1S/C47H54BN5O5/c1-2-41(34-8-4-3-5-9-34)45(35-10-14-38(15-11-35)48(57)58)36-12-16-39(17-13-36)51-25-22-33(23-26-51)7-6-24-50-27-29-52(30-28-50)40-18-19-42-37(31-40)32-53(47(42)56)43-20-21-44(54)49-46(43)55/h3-5,8-19,31,33,43,57-58H,2,6-7,20-30,32H2,1H3,(H,49,54,55)/b45-41-. The van der Waals surface area contributed by atoms with Gasteiger partial charge in [0.2, 0.25) is 11.8 Å². The number of rotatable bonds is 12. The van der Waals surface area contributed by atoms with E-state index in [0.29, 0.717) is 24.0 Å². The molecule has 0 aromatic heterocycles. The molecule has 4 aliphatic heterocycles. The molecule has 4 heterocycles. The van der Waals surface area contributed by atoms with Crippen molar-refractivity contribution in [2.75, 3.05) is 55.6 Å². The van der Waals surface area contributed by atoms with Gasteiger partial charge in [-0.3, -0.25) is 24.6 Å². The van der Waals surface area contributed by atoms with Crippen molar-refractivity contribution in [3.05, 3.63) is 125 Å². The smallest absolute Gasteiger partial charge is 0.423 e. The third kappa shape index (κ3) is 8.62. The zero-order chi connectivity index (χ0) is 40.2. The normalized spacial score (nSPS) is 19.6. The first-order chi connectivity index (χ1) is 28.2. The summed E-state index contributed by atoms with van der Waals surface area (Å²) in [4.78, 5) is 46.4. The van der Waals surface area contributed by atoms with Crippen molar-refractivity contribution >= 4 is 52.8 Å². The van der Waals surface area contributed by atoms with Gasteiger partial charge in [0.05, 0.1) is 0 Å². The van der Waals surface area contributed by atoms with E-state index in [4.69, 9.17) is 0 Å². The number of nitrogens with zero attached hydrogens (tertiary/aromatic N) is 4. The number of carbonyl (C=O) groups is 3. The number of hydrogen-bond acceptors (Lipinski definition) is 8. The summed E-state index contributed by atoms with van der Waals surface area (Å²) in [5.74, 6) is -0.0209. The minimum absolute atomic E-state index is 0.126. The fourth-order valence-corrected chi connectivity index (χ4v) is 9.41. The summed E-state index contributed by atoms with van der Waals surface area (Å²) in [5, 5.41) is 21.8. The summed E-state index contributed by atoms with van der Waals surface area (Å²) in [7, 11) is -1.49. The van der Waals surface area contributed by atoms with Crippen LogP contribution in [0.3, 0.4) is 0 Å². The summed E-state index contributed by atoms with van der Waals surface area (Å²) < 4.78 is 0. The molecule has 10 nitrogen and oxygen atoms in total. The summed E-state index contributed by atoms with van der Waals surface area (Å²) in [6, 6.07) is 32.6. The molecule has 3 amide bonds. The molecular formula is C47H54BN5O5. The van der Waals surface area contributed by atoms with Crippen LogP contribution in [0.5, 0.6) is 0 Å². The average molecular weight is 780 g/mol. The van der Waals surface area contributed by atoms with Crippen LogP contribution in [-0.2, 0) is 16.1 Å². The Kier molecular flexibility index (Phi) is 12.1.